The molecule has 2 aliphatic heterocycles. The summed E-state index contributed by atoms with van der Waals surface area (Å²) in [7, 11) is 0. The van der Waals surface area contributed by atoms with Crippen LogP contribution in [-0.4, -0.2) is 51.0 Å². The first-order valence-electron chi connectivity index (χ1n) is 11.9. The van der Waals surface area contributed by atoms with E-state index in [9.17, 15) is 18.7 Å². The van der Waals surface area contributed by atoms with Crippen LogP contribution in [-0.2, 0) is 4.79 Å². The molecule has 188 valence electrons. The lowest BCUT2D eigenvalue weighted by Crippen LogP contribution is -2.37. The Labute approximate surface area is 206 Å². The summed E-state index contributed by atoms with van der Waals surface area (Å²) < 4.78 is 30.5. The maximum absolute atomic E-state index is 14.3. The first kappa shape index (κ1) is 23.9. The van der Waals surface area contributed by atoms with E-state index in [4.69, 9.17) is 0 Å². The molecule has 2 aliphatic rings. The van der Waals surface area contributed by atoms with Gasteiger partial charge in [0, 0.05) is 19.1 Å². The molecule has 2 N–H and O–H groups in total. The Morgan fingerprint density at radius 1 is 1.17 bits per heavy atom. The van der Waals surface area contributed by atoms with Gasteiger partial charge in [-0.3, -0.25) is 4.79 Å². The molecule has 2 atom stereocenters. The van der Waals surface area contributed by atoms with Crippen LogP contribution in [0.2, 0.25) is 0 Å². The van der Waals surface area contributed by atoms with Crippen LogP contribution < -0.4 is 15.2 Å². The fourth-order valence-corrected chi connectivity index (χ4v) is 4.60. The Hall–Kier alpha value is -3.86. The fraction of sp³-hybridized carbons (Fsp3) is 0.360. The molecule has 3 aromatic rings. The fourth-order valence-electron chi connectivity index (χ4n) is 4.60. The van der Waals surface area contributed by atoms with Crippen LogP contribution in [0.5, 0.6) is 0 Å². The normalized spacial score (nSPS) is 19.9. The van der Waals surface area contributed by atoms with Crippen molar-refractivity contribution in [2.75, 3.05) is 28.3 Å². The van der Waals surface area contributed by atoms with Gasteiger partial charge in [-0.2, -0.15) is 5.10 Å². The average Bonchev–Trinajstić information content (AvgIpc) is 3.46. The van der Waals surface area contributed by atoms with Gasteiger partial charge in [0.2, 0.25) is 0 Å². The van der Waals surface area contributed by atoms with E-state index in [0.717, 1.165) is 47.9 Å². The van der Waals surface area contributed by atoms with Gasteiger partial charge in [0.1, 0.15) is 16.9 Å². The highest BCUT2D eigenvalue weighted by atomic mass is 19.1. The van der Waals surface area contributed by atoms with Gasteiger partial charge in [0.05, 0.1) is 16.9 Å². The molecule has 0 spiro atoms. The van der Waals surface area contributed by atoms with E-state index >= 15 is 0 Å². The van der Waals surface area contributed by atoms with E-state index in [1.54, 1.807) is 6.07 Å². The third-order valence-corrected chi connectivity index (χ3v) is 6.39. The molecule has 9 nitrogen and oxygen atoms in total. The molecule has 0 radical (unpaired) electrons. The number of para-hydroxylation sites is 1. The summed E-state index contributed by atoms with van der Waals surface area (Å²) in [5, 5.41) is 26.7. The van der Waals surface area contributed by atoms with Crippen LogP contribution in [0.15, 0.2) is 47.6 Å². The Morgan fingerprint density at radius 2 is 1.92 bits per heavy atom. The molecule has 2 aromatic carbocycles. The lowest BCUT2D eigenvalue weighted by atomic mass is 10.1. The Bertz CT molecular complexity index is 1360. The molecule has 36 heavy (non-hydrogen) atoms. The zero-order valence-electron chi connectivity index (χ0n) is 20.2. The van der Waals surface area contributed by atoms with Crippen molar-refractivity contribution < 1.29 is 18.7 Å². The second-order valence-electron chi connectivity index (χ2n) is 9.42. The van der Waals surface area contributed by atoms with Crippen LogP contribution in [0.4, 0.5) is 25.8 Å². The third kappa shape index (κ3) is 4.19. The summed E-state index contributed by atoms with van der Waals surface area (Å²) in [6, 6.07) is 7.10. The SMILES string of the molecule is CC(C)n1nnc2c(N3CC[C@H](C)C3)c(NC(=O)C3=NN(c4c(F)cccc4F)C(O)C=C3)ccc21. The number of nitrogens with one attached hydrogen (secondary N) is 1. The van der Waals surface area contributed by atoms with Gasteiger partial charge in [-0.15, -0.1) is 5.10 Å². The van der Waals surface area contributed by atoms with E-state index in [2.05, 4.69) is 32.6 Å². The minimum Gasteiger partial charge on any atom is -0.368 e. The van der Waals surface area contributed by atoms with E-state index in [1.165, 1.54) is 18.2 Å². The number of fused-ring (bicyclic) bond motifs is 1. The van der Waals surface area contributed by atoms with Gasteiger partial charge >= 0.3 is 0 Å². The zero-order valence-corrected chi connectivity index (χ0v) is 20.2. The predicted molar refractivity (Wildman–Crippen MR) is 134 cm³/mol. The van der Waals surface area contributed by atoms with Crippen molar-refractivity contribution in [3.05, 3.63) is 54.1 Å². The monoisotopic (exact) mass is 495 g/mol. The van der Waals surface area contributed by atoms with Gasteiger partial charge in [-0.25, -0.2) is 18.5 Å². The quantitative estimate of drug-likeness (QED) is 0.558. The molecule has 1 aromatic heterocycles. The van der Waals surface area contributed by atoms with Crippen LogP contribution >= 0.6 is 0 Å². The topological polar surface area (TPSA) is 98.9 Å². The number of amides is 1. The molecule has 0 aliphatic carbocycles. The highest BCUT2D eigenvalue weighted by molar-refractivity contribution is 6.47. The average molecular weight is 496 g/mol. The summed E-state index contributed by atoms with van der Waals surface area (Å²) >= 11 is 0. The number of hydrogen-bond donors (Lipinski definition) is 2. The van der Waals surface area contributed by atoms with Gasteiger partial charge in [-0.1, -0.05) is 18.2 Å². The standard InChI is InChI=1S/C25H27F2N7O2/c1-14(2)33-20-9-7-18(24(22(20)29-31-33)32-12-11-15(3)13-32)28-25(36)19-8-10-21(35)34(30-19)23-16(26)5-4-6-17(23)27/h4-10,14-15,21,35H,11-13H2,1-3H3,(H,28,36)/t15-,21?/m0/s1. The first-order valence-corrected chi connectivity index (χ1v) is 11.9. The van der Waals surface area contributed by atoms with Crippen LogP contribution in [0.3, 0.4) is 0 Å². The van der Waals surface area contributed by atoms with Crippen molar-refractivity contribution >= 4 is 39.7 Å². The smallest absolute Gasteiger partial charge is 0.276 e. The maximum atomic E-state index is 14.3. The largest absolute Gasteiger partial charge is 0.368 e. The number of aliphatic hydroxyl groups is 1. The second kappa shape index (κ2) is 9.30. The molecule has 0 saturated carbocycles. The van der Waals surface area contributed by atoms with Crippen LogP contribution in [0.25, 0.3) is 11.0 Å². The molecule has 1 amide bonds. The summed E-state index contributed by atoms with van der Waals surface area (Å²) in [4.78, 5) is 15.4. The van der Waals surface area contributed by atoms with Crippen LogP contribution in [0.1, 0.15) is 33.2 Å². The molecule has 1 fully saturated rings. The van der Waals surface area contributed by atoms with Gasteiger partial charge < -0.3 is 15.3 Å². The lowest BCUT2D eigenvalue weighted by molar-refractivity contribution is -0.110. The van der Waals surface area contributed by atoms with Crippen molar-refractivity contribution in [2.24, 2.45) is 11.0 Å². The number of anilines is 3. The van der Waals surface area contributed by atoms with E-state index in [1.807, 2.05) is 24.6 Å². The van der Waals surface area contributed by atoms with E-state index in [0.29, 0.717) is 17.1 Å². The molecular formula is C25H27F2N7O2. The number of carbonyl (C=O) groups is 1. The zero-order chi connectivity index (χ0) is 25.6. The number of carbonyl (C=O) groups excluding carboxylic acids is 1. The number of aromatic nitrogens is 3. The maximum Gasteiger partial charge on any atom is 0.276 e. The molecule has 1 saturated heterocycles. The summed E-state index contributed by atoms with van der Waals surface area (Å²) in [5.41, 5.74) is 2.18. The molecular weight excluding hydrogens is 468 g/mol. The minimum atomic E-state index is -1.43. The Kier molecular flexibility index (Phi) is 6.17. The molecule has 5 rings (SSSR count). The van der Waals surface area contributed by atoms with E-state index in [-0.39, 0.29) is 11.8 Å². The molecule has 11 heteroatoms. The minimum absolute atomic E-state index is 0.110. The highest BCUT2D eigenvalue weighted by Gasteiger charge is 2.29. The van der Waals surface area contributed by atoms with Crippen LogP contribution in [0, 0.1) is 17.6 Å². The van der Waals surface area contributed by atoms with Gasteiger partial charge in [0.25, 0.3) is 5.91 Å². The Morgan fingerprint density at radius 3 is 2.58 bits per heavy atom. The van der Waals surface area contributed by atoms with Crippen molar-refractivity contribution in [3.63, 3.8) is 0 Å². The number of nitrogens with zero attached hydrogens (tertiary/aromatic N) is 6. The van der Waals surface area contributed by atoms with Crippen molar-refractivity contribution in [3.8, 4) is 0 Å². The lowest BCUT2D eigenvalue weighted by Gasteiger charge is -2.27. The van der Waals surface area contributed by atoms with Crippen molar-refractivity contribution in [1.82, 2.24) is 15.0 Å². The van der Waals surface area contributed by atoms with E-state index < -0.39 is 29.5 Å². The molecule has 1 unspecified atom stereocenters. The third-order valence-electron chi connectivity index (χ3n) is 6.39. The Balaban J connectivity index is 1.51. The number of aliphatic hydroxyl groups excluding tert-OH is 1. The van der Waals surface area contributed by atoms with Crippen molar-refractivity contribution in [1.29, 1.82) is 0 Å². The number of hydrazone groups is 1. The predicted octanol–water partition coefficient (Wildman–Crippen LogP) is 3.83. The van der Waals surface area contributed by atoms with Gasteiger partial charge in [-0.05, 0) is 62.6 Å². The van der Waals surface area contributed by atoms with Gasteiger partial charge in [0.15, 0.2) is 17.9 Å². The molecule has 0 bridgehead atoms. The van der Waals surface area contributed by atoms with Crippen molar-refractivity contribution in [2.45, 2.75) is 39.5 Å². The summed E-state index contributed by atoms with van der Waals surface area (Å²) in [5.74, 6) is -1.92. The number of rotatable bonds is 5. The number of hydrogen-bond acceptors (Lipinski definition) is 7. The second-order valence-corrected chi connectivity index (χ2v) is 9.42. The highest BCUT2D eigenvalue weighted by Crippen LogP contribution is 2.37. The molecule has 3 heterocycles. The summed E-state index contributed by atoms with van der Waals surface area (Å²) in [6.45, 7) is 7.84. The first-order chi connectivity index (χ1) is 17.2. The number of halogens is 2. The summed E-state index contributed by atoms with van der Waals surface area (Å²) in [6.07, 6.45) is 2.14. The number of benzene rings is 2.